The van der Waals surface area contributed by atoms with Crippen molar-refractivity contribution in [3.63, 3.8) is 0 Å². The van der Waals surface area contributed by atoms with Crippen LogP contribution in [0.5, 0.6) is 0 Å². The Morgan fingerprint density at radius 1 is 1.19 bits per heavy atom. The average Bonchev–Trinajstić information content (AvgIpc) is 3.52. The van der Waals surface area contributed by atoms with Crippen LogP contribution in [-0.2, 0) is 20.7 Å². The van der Waals surface area contributed by atoms with Gasteiger partial charge in [0.1, 0.15) is 29.7 Å². The zero-order valence-electron chi connectivity index (χ0n) is 21.0. The van der Waals surface area contributed by atoms with Crippen LogP contribution < -0.4 is 11.1 Å². The van der Waals surface area contributed by atoms with Gasteiger partial charge in [0, 0.05) is 26.1 Å². The topological polar surface area (TPSA) is 178 Å². The number of amides is 2. The van der Waals surface area contributed by atoms with Gasteiger partial charge in [-0.25, -0.2) is 19.7 Å². The molecule has 2 aromatic rings. The molecule has 2 amide bonds. The molecule has 2 aromatic heterocycles. The first-order valence-electron chi connectivity index (χ1n) is 13.1. The molecule has 2 aliphatic heterocycles. The number of aryl methyl sites for hydroxylation is 1. The largest absolute Gasteiger partial charge is 0.446 e. The molecule has 202 valence electrons. The van der Waals surface area contributed by atoms with Gasteiger partial charge in [-0.05, 0) is 51.4 Å². The number of carbonyl (C=O) groups is 2. The molecule has 1 unspecified atom stereocenters. The molecule has 0 aromatic carbocycles. The number of nitrogens with one attached hydrogen (secondary N) is 1. The van der Waals surface area contributed by atoms with Gasteiger partial charge < -0.3 is 35.6 Å². The van der Waals surface area contributed by atoms with Gasteiger partial charge in [-0.3, -0.25) is 9.36 Å². The van der Waals surface area contributed by atoms with E-state index in [1.807, 2.05) is 0 Å². The van der Waals surface area contributed by atoms with E-state index in [-0.39, 0.29) is 18.0 Å². The number of hydrogen-bond donors (Lipinski definition) is 4. The van der Waals surface area contributed by atoms with Crippen LogP contribution >= 0.6 is 0 Å². The summed E-state index contributed by atoms with van der Waals surface area (Å²) in [6, 6.07) is 0. The Morgan fingerprint density at radius 3 is 2.65 bits per heavy atom. The number of anilines is 1. The van der Waals surface area contributed by atoms with Crippen molar-refractivity contribution in [2.75, 3.05) is 25.4 Å². The fourth-order valence-electron chi connectivity index (χ4n) is 5.02. The number of nitrogens with two attached hydrogens (primary N) is 1. The number of aromatic nitrogens is 4. The third-order valence-electron chi connectivity index (χ3n) is 7.29. The number of likely N-dealkylation sites (tertiary alicyclic amines) is 1. The molecule has 13 heteroatoms. The molecule has 2 saturated heterocycles. The quantitative estimate of drug-likeness (QED) is 0.385. The summed E-state index contributed by atoms with van der Waals surface area (Å²) in [6.45, 7) is 3.57. The second-order valence-electron chi connectivity index (χ2n) is 10.1. The predicted molar refractivity (Wildman–Crippen MR) is 131 cm³/mol. The zero-order valence-corrected chi connectivity index (χ0v) is 21.0. The number of rotatable bonds is 8. The smallest absolute Gasteiger partial charge is 0.410 e. The molecular formula is C24H35N7O6. The minimum absolute atomic E-state index is 0.127. The van der Waals surface area contributed by atoms with Crippen molar-refractivity contribution >= 4 is 29.0 Å². The maximum Gasteiger partial charge on any atom is 0.410 e. The van der Waals surface area contributed by atoms with Gasteiger partial charge in [0.25, 0.3) is 5.91 Å². The number of aliphatic hydroxyl groups excluding tert-OH is 2. The molecule has 1 saturated carbocycles. The van der Waals surface area contributed by atoms with Crippen LogP contribution in [0.2, 0.25) is 0 Å². The first kappa shape index (κ1) is 25.6. The van der Waals surface area contributed by atoms with Crippen molar-refractivity contribution in [3.8, 4) is 0 Å². The number of fused-ring (bicyclic) bond motifs is 1. The highest BCUT2D eigenvalue weighted by Gasteiger charge is 2.47. The van der Waals surface area contributed by atoms with E-state index in [1.165, 1.54) is 10.9 Å². The summed E-state index contributed by atoms with van der Waals surface area (Å²) in [4.78, 5) is 39.4. The molecule has 37 heavy (non-hydrogen) atoms. The fourth-order valence-corrected chi connectivity index (χ4v) is 5.02. The Hall–Kier alpha value is -3.03. The van der Waals surface area contributed by atoms with Crippen LogP contribution in [0.15, 0.2) is 6.33 Å². The normalized spacial score (nSPS) is 26.5. The van der Waals surface area contributed by atoms with Gasteiger partial charge in [-0.1, -0.05) is 0 Å². The standard InChI is InChI=1S/C24H35N7O6/c1-2-26-22(34)19-17(32)18(33)23(37-19)31-12-27-16-20(25)28-15(29-21(16)31)5-3-4-13-8-10-30(11-9-13)24(35)36-14-6-7-14/h12-14,17-19,23,32-33H,2-11H2,1H3,(H,26,34)(H2,25,28,29)/t17-,18?,19+,23-/m1/s1. The second-order valence-corrected chi connectivity index (χ2v) is 10.1. The third-order valence-corrected chi connectivity index (χ3v) is 7.29. The SMILES string of the molecule is CCNC(=O)[C@H]1O[C@@H](n2cnc3c(N)nc(CCCC4CCN(C(=O)OC5CC5)CC4)nc32)C(O)[C@H]1O. The molecule has 3 aliphatic rings. The number of likely N-dealkylation sites (N-methyl/N-ethyl adjacent to an activating group) is 1. The van der Waals surface area contributed by atoms with E-state index in [0.717, 1.165) is 51.6 Å². The lowest BCUT2D eigenvalue weighted by Crippen LogP contribution is -2.42. The predicted octanol–water partition coefficient (Wildman–Crippen LogP) is 0.498. The van der Waals surface area contributed by atoms with E-state index >= 15 is 0 Å². The average molecular weight is 518 g/mol. The van der Waals surface area contributed by atoms with Crippen molar-refractivity contribution in [2.24, 2.45) is 5.92 Å². The van der Waals surface area contributed by atoms with Crippen LogP contribution in [0.3, 0.4) is 0 Å². The molecule has 4 heterocycles. The van der Waals surface area contributed by atoms with Crippen molar-refractivity contribution in [2.45, 2.75) is 82.5 Å². The van der Waals surface area contributed by atoms with Crippen LogP contribution in [0.4, 0.5) is 10.6 Å². The Kier molecular flexibility index (Phi) is 7.45. The number of carbonyl (C=O) groups excluding carboxylic acids is 2. The van der Waals surface area contributed by atoms with Crippen LogP contribution in [0, 0.1) is 5.92 Å². The van der Waals surface area contributed by atoms with Gasteiger partial charge >= 0.3 is 6.09 Å². The molecule has 3 fully saturated rings. The lowest BCUT2D eigenvalue weighted by molar-refractivity contribution is -0.137. The number of nitrogens with zero attached hydrogens (tertiary/aromatic N) is 5. The fraction of sp³-hybridized carbons (Fsp3) is 0.708. The maximum absolute atomic E-state index is 12.2. The molecule has 0 spiro atoms. The molecule has 0 radical (unpaired) electrons. The summed E-state index contributed by atoms with van der Waals surface area (Å²) in [5, 5.41) is 23.6. The first-order chi connectivity index (χ1) is 17.9. The number of hydrogen-bond acceptors (Lipinski definition) is 10. The van der Waals surface area contributed by atoms with Crippen LogP contribution in [0.25, 0.3) is 11.2 Å². The van der Waals surface area contributed by atoms with Gasteiger partial charge in [-0.15, -0.1) is 0 Å². The van der Waals surface area contributed by atoms with Crippen molar-refractivity contribution in [1.82, 2.24) is 29.7 Å². The molecule has 1 aliphatic carbocycles. The molecular weight excluding hydrogens is 482 g/mol. The summed E-state index contributed by atoms with van der Waals surface area (Å²) in [5.41, 5.74) is 6.88. The molecule has 4 atom stereocenters. The van der Waals surface area contributed by atoms with Crippen LogP contribution in [-0.4, -0.2) is 90.7 Å². The first-order valence-corrected chi connectivity index (χ1v) is 13.1. The minimum Gasteiger partial charge on any atom is -0.446 e. The van der Waals surface area contributed by atoms with Crippen molar-refractivity contribution in [1.29, 1.82) is 0 Å². The number of imidazole rings is 1. The summed E-state index contributed by atoms with van der Waals surface area (Å²) in [7, 11) is 0. The molecule has 5 N–H and O–H groups in total. The van der Waals surface area contributed by atoms with Gasteiger partial charge in [0.05, 0.1) is 6.33 Å². The van der Waals surface area contributed by atoms with Crippen molar-refractivity contribution < 1.29 is 29.3 Å². The third kappa shape index (κ3) is 5.48. The van der Waals surface area contributed by atoms with E-state index in [0.29, 0.717) is 35.9 Å². The number of nitrogen functional groups attached to an aromatic ring is 1. The highest BCUT2D eigenvalue weighted by Crippen LogP contribution is 2.33. The highest BCUT2D eigenvalue weighted by atomic mass is 16.6. The molecule has 13 nitrogen and oxygen atoms in total. The Morgan fingerprint density at radius 2 is 1.95 bits per heavy atom. The molecule has 0 bridgehead atoms. The Labute approximate surface area is 214 Å². The summed E-state index contributed by atoms with van der Waals surface area (Å²) < 4.78 is 12.6. The summed E-state index contributed by atoms with van der Waals surface area (Å²) in [6.07, 6.45) is 2.65. The van der Waals surface area contributed by atoms with E-state index in [1.54, 1.807) is 11.8 Å². The summed E-state index contributed by atoms with van der Waals surface area (Å²) in [5.74, 6) is 0.785. The van der Waals surface area contributed by atoms with Gasteiger partial charge in [-0.2, -0.15) is 0 Å². The Balaban J connectivity index is 1.19. The molecule has 5 rings (SSSR count). The number of aliphatic hydroxyl groups is 2. The monoisotopic (exact) mass is 517 g/mol. The second kappa shape index (κ2) is 10.8. The van der Waals surface area contributed by atoms with Crippen LogP contribution in [0.1, 0.15) is 57.5 Å². The Bertz CT molecular complexity index is 1130. The minimum atomic E-state index is -1.39. The number of piperidine rings is 1. The summed E-state index contributed by atoms with van der Waals surface area (Å²) >= 11 is 0. The van der Waals surface area contributed by atoms with Crippen molar-refractivity contribution in [3.05, 3.63) is 12.2 Å². The zero-order chi connectivity index (χ0) is 26.1. The van der Waals surface area contributed by atoms with E-state index < -0.39 is 30.4 Å². The number of ether oxygens (including phenoxy) is 2. The van der Waals surface area contributed by atoms with E-state index in [2.05, 4.69) is 20.3 Å². The highest BCUT2D eigenvalue weighted by molar-refractivity contribution is 5.83. The van der Waals surface area contributed by atoms with Gasteiger partial charge in [0.2, 0.25) is 0 Å². The lowest BCUT2D eigenvalue weighted by Gasteiger charge is -2.31. The van der Waals surface area contributed by atoms with E-state index in [4.69, 9.17) is 15.2 Å². The van der Waals surface area contributed by atoms with E-state index in [9.17, 15) is 19.8 Å². The van der Waals surface area contributed by atoms with Gasteiger partial charge in [0.15, 0.2) is 23.8 Å². The lowest BCUT2D eigenvalue weighted by atomic mass is 9.91. The maximum atomic E-state index is 12.2.